The lowest BCUT2D eigenvalue weighted by molar-refractivity contribution is 0.0730. The summed E-state index contributed by atoms with van der Waals surface area (Å²) in [5.41, 5.74) is 1.84. The zero-order chi connectivity index (χ0) is 24.7. The van der Waals surface area contributed by atoms with Crippen LogP contribution in [0.25, 0.3) is 0 Å². The number of sulfonamides is 1. The van der Waals surface area contributed by atoms with Crippen LogP contribution in [0.5, 0.6) is 11.5 Å². The Hall–Kier alpha value is -2.62. The lowest BCUT2D eigenvalue weighted by Crippen LogP contribution is -2.41. The summed E-state index contributed by atoms with van der Waals surface area (Å²) in [6.45, 7) is 9.93. The summed E-state index contributed by atoms with van der Waals surface area (Å²) in [7, 11) is -3.72. The van der Waals surface area contributed by atoms with Gasteiger partial charge in [0.1, 0.15) is 0 Å². The van der Waals surface area contributed by atoms with Gasteiger partial charge in [0.2, 0.25) is 10.0 Å². The van der Waals surface area contributed by atoms with Gasteiger partial charge >= 0.3 is 0 Å². The van der Waals surface area contributed by atoms with Gasteiger partial charge in [-0.05, 0) is 62.6 Å². The van der Waals surface area contributed by atoms with E-state index in [1.54, 1.807) is 12.1 Å². The van der Waals surface area contributed by atoms with Gasteiger partial charge in [0.25, 0.3) is 5.91 Å². The SMILES string of the molecule is CCOc1ccc(C(C)NC(=O)c2ccc(CC)c(S(=O)(=O)N3CCOCC3)c2)cc1OCC. The first-order valence-electron chi connectivity index (χ1n) is 11.7. The quantitative estimate of drug-likeness (QED) is 0.547. The highest BCUT2D eigenvalue weighted by Gasteiger charge is 2.29. The molecule has 0 spiro atoms. The maximum atomic E-state index is 13.3. The number of hydrogen-bond donors (Lipinski definition) is 1. The molecule has 8 nitrogen and oxygen atoms in total. The second-order valence-electron chi connectivity index (χ2n) is 7.96. The minimum Gasteiger partial charge on any atom is -0.490 e. The molecule has 2 aromatic rings. The number of carbonyl (C=O) groups is 1. The second kappa shape index (κ2) is 11.7. The van der Waals surface area contributed by atoms with Gasteiger partial charge < -0.3 is 19.5 Å². The molecule has 0 aromatic heterocycles. The van der Waals surface area contributed by atoms with E-state index >= 15 is 0 Å². The van der Waals surface area contributed by atoms with Crippen LogP contribution in [0.1, 0.15) is 55.2 Å². The number of nitrogens with one attached hydrogen (secondary N) is 1. The van der Waals surface area contributed by atoms with Crippen LogP contribution in [-0.4, -0.2) is 58.1 Å². The highest BCUT2D eigenvalue weighted by atomic mass is 32.2. The van der Waals surface area contributed by atoms with Gasteiger partial charge in [-0.15, -0.1) is 0 Å². The molecule has 1 atom stereocenters. The molecule has 1 unspecified atom stereocenters. The minimum atomic E-state index is -3.72. The van der Waals surface area contributed by atoms with E-state index in [1.165, 1.54) is 10.4 Å². The van der Waals surface area contributed by atoms with Crippen LogP contribution >= 0.6 is 0 Å². The number of morpholine rings is 1. The van der Waals surface area contributed by atoms with E-state index < -0.39 is 10.0 Å². The molecule has 2 aromatic carbocycles. The Morgan fingerprint density at radius 1 is 1.03 bits per heavy atom. The number of hydrogen-bond acceptors (Lipinski definition) is 6. The summed E-state index contributed by atoms with van der Waals surface area (Å²) in [5.74, 6) is 0.925. The van der Waals surface area contributed by atoms with E-state index in [0.717, 1.165) is 5.56 Å². The van der Waals surface area contributed by atoms with E-state index in [4.69, 9.17) is 14.2 Å². The third-order valence-electron chi connectivity index (χ3n) is 5.71. The molecule has 186 valence electrons. The first kappa shape index (κ1) is 26.0. The molecule has 0 bridgehead atoms. The summed E-state index contributed by atoms with van der Waals surface area (Å²) >= 11 is 0. The molecule has 0 radical (unpaired) electrons. The molecule has 0 saturated carbocycles. The summed E-state index contributed by atoms with van der Waals surface area (Å²) in [6.07, 6.45) is 0.545. The van der Waals surface area contributed by atoms with Crippen LogP contribution < -0.4 is 14.8 Å². The van der Waals surface area contributed by atoms with E-state index in [9.17, 15) is 13.2 Å². The fraction of sp³-hybridized carbons (Fsp3) is 0.480. The van der Waals surface area contributed by atoms with E-state index in [0.29, 0.717) is 68.6 Å². The molecule has 3 rings (SSSR count). The van der Waals surface area contributed by atoms with Gasteiger partial charge in [-0.3, -0.25) is 4.79 Å². The zero-order valence-corrected chi connectivity index (χ0v) is 21.1. The van der Waals surface area contributed by atoms with Crippen LogP contribution in [-0.2, 0) is 21.2 Å². The van der Waals surface area contributed by atoms with Crippen molar-refractivity contribution in [1.29, 1.82) is 0 Å². The normalized spacial score (nSPS) is 15.5. The minimum absolute atomic E-state index is 0.178. The van der Waals surface area contributed by atoms with Crippen LogP contribution in [0.3, 0.4) is 0 Å². The van der Waals surface area contributed by atoms with Gasteiger partial charge in [-0.2, -0.15) is 4.31 Å². The van der Waals surface area contributed by atoms with Crippen LogP contribution in [0.4, 0.5) is 0 Å². The Morgan fingerprint density at radius 3 is 2.35 bits per heavy atom. The van der Waals surface area contributed by atoms with E-state index in [1.807, 2.05) is 45.9 Å². The Morgan fingerprint density at radius 2 is 1.71 bits per heavy atom. The molecule has 1 amide bonds. The molecule has 1 saturated heterocycles. The average Bonchev–Trinajstić information content (AvgIpc) is 2.85. The molecule has 1 aliphatic heterocycles. The summed E-state index contributed by atoms with van der Waals surface area (Å²) in [4.78, 5) is 13.2. The molecule has 9 heteroatoms. The van der Waals surface area contributed by atoms with E-state index in [-0.39, 0.29) is 16.8 Å². The highest BCUT2D eigenvalue weighted by molar-refractivity contribution is 7.89. The largest absolute Gasteiger partial charge is 0.490 e. The van der Waals surface area contributed by atoms with Gasteiger partial charge in [0.05, 0.1) is 37.4 Å². The van der Waals surface area contributed by atoms with Crippen molar-refractivity contribution in [2.75, 3.05) is 39.5 Å². The topological polar surface area (TPSA) is 94.2 Å². The smallest absolute Gasteiger partial charge is 0.251 e. The molecular weight excluding hydrogens is 456 g/mol. The molecule has 34 heavy (non-hydrogen) atoms. The number of amides is 1. The van der Waals surface area contributed by atoms with E-state index in [2.05, 4.69) is 5.32 Å². The Labute approximate surface area is 202 Å². The number of nitrogens with zero attached hydrogens (tertiary/aromatic N) is 1. The predicted octanol–water partition coefficient (Wildman–Crippen LogP) is 3.56. The fourth-order valence-corrected chi connectivity index (χ4v) is 5.58. The standard InChI is InChI=1S/C25H34N2O6S/c1-5-19-8-9-21(17-24(19)34(29,30)27-12-14-31-15-13-27)25(28)26-18(4)20-10-11-22(32-6-2)23(16-20)33-7-3/h8-11,16-18H,5-7,12-15H2,1-4H3,(H,26,28). The number of carbonyl (C=O) groups excluding carboxylic acids is 1. The maximum absolute atomic E-state index is 13.3. The summed E-state index contributed by atoms with van der Waals surface area (Å²) in [6, 6.07) is 10.1. The summed E-state index contributed by atoms with van der Waals surface area (Å²) < 4.78 is 44.6. The lowest BCUT2D eigenvalue weighted by atomic mass is 10.1. The zero-order valence-electron chi connectivity index (χ0n) is 20.3. The monoisotopic (exact) mass is 490 g/mol. The molecular formula is C25H34N2O6S. The Kier molecular flexibility index (Phi) is 8.93. The fourth-order valence-electron chi connectivity index (χ4n) is 3.85. The summed E-state index contributed by atoms with van der Waals surface area (Å²) in [5, 5.41) is 2.97. The van der Waals surface area contributed by atoms with Crippen LogP contribution in [0.15, 0.2) is 41.3 Å². The number of rotatable bonds is 10. The Bertz CT molecular complexity index is 1100. The van der Waals surface area contributed by atoms with Crippen molar-refractivity contribution in [3.05, 3.63) is 53.1 Å². The van der Waals surface area contributed by atoms with Crippen molar-refractivity contribution >= 4 is 15.9 Å². The average molecular weight is 491 g/mol. The molecule has 1 heterocycles. The number of aryl methyl sites for hydroxylation is 1. The van der Waals surface area contributed by atoms with Gasteiger partial charge in [0.15, 0.2) is 11.5 Å². The van der Waals surface area contributed by atoms with Gasteiger partial charge in [-0.1, -0.05) is 19.1 Å². The number of ether oxygens (including phenoxy) is 3. The van der Waals surface area contributed by atoms with Crippen molar-refractivity contribution in [3.63, 3.8) is 0 Å². The molecule has 1 aliphatic rings. The predicted molar refractivity (Wildman–Crippen MR) is 130 cm³/mol. The van der Waals surface area contributed by atoms with Crippen molar-refractivity contribution in [2.45, 2.75) is 45.1 Å². The molecule has 1 fully saturated rings. The maximum Gasteiger partial charge on any atom is 0.251 e. The van der Waals surface area contributed by atoms with Gasteiger partial charge in [-0.25, -0.2) is 8.42 Å². The third-order valence-corrected chi connectivity index (χ3v) is 7.69. The van der Waals surface area contributed by atoms with Crippen LogP contribution in [0, 0.1) is 0 Å². The van der Waals surface area contributed by atoms with Crippen molar-refractivity contribution in [2.24, 2.45) is 0 Å². The first-order valence-corrected chi connectivity index (χ1v) is 13.2. The number of benzene rings is 2. The molecule has 0 aliphatic carbocycles. The highest BCUT2D eigenvalue weighted by Crippen LogP contribution is 2.31. The van der Waals surface area contributed by atoms with Crippen molar-refractivity contribution in [1.82, 2.24) is 9.62 Å². The van der Waals surface area contributed by atoms with Crippen molar-refractivity contribution < 1.29 is 27.4 Å². The third kappa shape index (κ3) is 5.89. The first-order chi connectivity index (χ1) is 16.3. The van der Waals surface area contributed by atoms with Crippen LogP contribution in [0.2, 0.25) is 0 Å². The van der Waals surface area contributed by atoms with Crippen molar-refractivity contribution in [3.8, 4) is 11.5 Å². The lowest BCUT2D eigenvalue weighted by Gasteiger charge is -2.27. The second-order valence-corrected chi connectivity index (χ2v) is 9.87. The van der Waals surface area contributed by atoms with Gasteiger partial charge in [0, 0.05) is 18.7 Å². The molecule has 1 N–H and O–H groups in total. The Balaban J connectivity index is 1.83.